The largest absolute Gasteiger partial charge is 0.493 e. The number of rotatable bonds is 6. The quantitative estimate of drug-likeness (QED) is 0.465. The molecule has 1 heterocycles. The van der Waals surface area contributed by atoms with Crippen molar-refractivity contribution in [1.29, 1.82) is 0 Å². The fourth-order valence-corrected chi connectivity index (χ4v) is 4.84. The maximum absolute atomic E-state index is 13.1. The summed E-state index contributed by atoms with van der Waals surface area (Å²) in [6, 6.07) is 18.2. The maximum Gasteiger partial charge on any atom is 0.264 e. The van der Waals surface area contributed by atoms with Crippen LogP contribution in [0.15, 0.2) is 70.5 Å². The molecule has 3 aromatic carbocycles. The van der Waals surface area contributed by atoms with Crippen LogP contribution in [0, 0.1) is 0 Å². The fourth-order valence-electron chi connectivity index (χ4n) is 3.55. The van der Waals surface area contributed by atoms with Crippen molar-refractivity contribution in [3.05, 3.63) is 87.3 Å². The number of benzene rings is 3. The van der Waals surface area contributed by atoms with Crippen LogP contribution in [0.5, 0.6) is 11.5 Å². The number of ether oxygens (including phenoxy) is 2. The summed E-state index contributed by atoms with van der Waals surface area (Å²) >= 11 is 7.54. The van der Waals surface area contributed by atoms with Crippen LogP contribution in [0.2, 0.25) is 5.02 Å². The highest BCUT2D eigenvalue weighted by Crippen LogP contribution is 2.42. The Morgan fingerprint density at radius 2 is 1.82 bits per heavy atom. The number of amides is 2. The second-order valence-electron chi connectivity index (χ2n) is 7.55. The van der Waals surface area contributed by atoms with E-state index in [4.69, 9.17) is 21.1 Å². The lowest BCUT2D eigenvalue weighted by Crippen LogP contribution is -2.31. The molecular weight excluding hydrogens is 472 g/mol. The van der Waals surface area contributed by atoms with E-state index in [1.807, 2.05) is 42.5 Å². The molecule has 8 heteroatoms. The minimum atomic E-state index is -0.236. The van der Waals surface area contributed by atoms with E-state index in [9.17, 15) is 9.59 Å². The van der Waals surface area contributed by atoms with E-state index < -0.39 is 0 Å². The Bertz CT molecular complexity index is 1290. The first kappa shape index (κ1) is 23.7. The molecule has 34 heavy (non-hydrogen) atoms. The molecule has 4 rings (SSSR count). The van der Waals surface area contributed by atoms with Crippen LogP contribution in [0.25, 0.3) is 6.08 Å². The normalized spacial score (nSPS) is 14.1. The van der Waals surface area contributed by atoms with Crippen molar-refractivity contribution in [2.45, 2.75) is 11.4 Å². The average Bonchev–Trinajstić information content (AvgIpc) is 2.86. The molecule has 0 bridgehead atoms. The van der Waals surface area contributed by atoms with Crippen molar-refractivity contribution in [2.75, 3.05) is 26.2 Å². The van der Waals surface area contributed by atoms with E-state index >= 15 is 0 Å². The number of nitrogens with zero attached hydrogens (tertiary/aromatic N) is 1. The molecule has 1 aliphatic heterocycles. The van der Waals surface area contributed by atoms with Gasteiger partial charge in [-0.3, -0.25) is 9.59 Å². The highest BCUT2D eigenvalue weighted by Gasteiger charge is 2.27. The molecule has 0 radical (unpaired) electrons. The number of anilines is 1. The van der Waals surface area contributed by atoms with Crippen LogP contribution in [-0.4, -0.2) is 33.1 Å². The Labute approximate surface area is 207 Å². The van der Waals surface area contributed by atoms with Gasteiger partial charge in [0.25, 0.3) is 11.8 Å². The van der Waals surface area contributed by atoms with Gasteiger partial charge in [-0.25, -0.2) is 0 Å². The van der Waals surface area contributed by atoms with Crippen molar-refractivity contribution in [1.82, 2.24) is 5.32 Å². The summed E-state index contributed by atoms with van der Waals surface area (Å²) in [5.41, 5.74) is 2.81. The van der Waals surface area contributed by atoms with E-state index in [0.29, 0.717) is 39.2 Å². The van der Waals surface area contributed by atoms with Gasteiger partial charge in [-0.1, -0.05) is 47.6 Å². The molecule has 1 aliphatic rings. The smallest absolute Gasteiger partial charge is 0.264 e. The Hall–Kier alpha value is -3.42. The van der Waals surface area contributed by atoms with Crippen LogP contribution in [0.1, 0.15) is 21.5 Å². The Kier molecular flexibility index (Phi) is 7.14. The summed E-state index contributed by atoms with van der Waals surface area (Å²) in [5.74, 6) is 0.822. The highest BCUT2D eigenvalue weighted by molar-refractivity contribution is 8.04. The second-order valence-corrected chi connectivity index (χ2v) is 9.04. The van der Waals surface area contributed by atoms with Crippen LogP contribution in [0.4, 0.5) is 5.69 Å². The van der Waals surface area contributed by atoms with Crippen LogP contribution in [-0.2, 0) is 11.3 Å². The van der Waals surface area contributed by atoms with Crippen LogP contribution in [0.3, 0.4) is 0 Å². The van der Waals surface area contributed by atoms with Gasteiger partial charge >= 0.3 is 0 Å². The number of likely N-dealkylation sites (N-methyl/N-ethyl adjacent to an activating group) is 1. The van der Waals surface area contributed by atoms with E-state index in [1.165, 1.54) is 11.8 Å². The van der Waals surface area contributed by atoms with Gasteiger partial charge in [0.1, 0.15) is 0 Å². The minimum absolute atomic E-state index is 0.152. The molecule has 3 aromatic rings. The summed E-state index contributed by atoms with van der Waals surface area (Å²) in [6.07, 6.45) is 1.82. The molecule has 1 N–H and O–H groups in total. The third-order valence-electron chi connectivity index (χ3n) is 5.42. The summed E-state index contributed by atoms with van der Waals surface area (Å²) in [7, 11) is 4.85. The van der Waals surface area contributed by atoms with Crippen molar-refractivity contribution >= 4 is 46.9 Å². The fraction of sp³-hybridized carbons (Fsp3) is 0.154. The third-order valence-corrected chi connectivity index (χ3v) is 6.87. The first-order valence-corrected chi connectivity index (χ1v) is 11.7. The Morgan fingerprint density at radius 1 is 1.06 bits per heavy atom. The van der Waals surface area contributed by atoms with Crippen molar-refractivity contribution < 1.29 is 19.1 Å². The number of thioether (sulfide) groups is 1. The highest BCUT2D eigenvalue weighted by atomic mass is 35.5. The number of hydrogen-bond donors (Lipinski definition) is 1. The zero-order valence-electron chi connectivity index (χ0n) is 18.9. The lowest BCUT2D eigenvalue weighted by atomic mass is 10.1. The van der Waals surface area contributed by atoms with Gasteiger partial charge in [0.05, 0.1) is 24.8 Å². The number of hydrogen-bond acceptors (Lipinski definition) is 5. The zero-order valence-corrected chi connectivity index (χ0v) is 20.5. The van der Waals surface area contributed by atoms with Gasteiger partial charge in [-0.15, -0.1) is 0 Å². The molecule has 2 amide bonds. The van der Waals surface area contributed by atoms with E-state index in [0.717, 1.165) is 16.0 Å². The standard InChI is InChI=1S/C26H23ClN2O4S/c1-29-20-14-17(25(30)28-15-18-6-4-5-7-19(18)27)9-11-23(20)34-24(26(29)31)13-16-8-10-21(32-2)22(12-16)33-3/h4-14H,15H2,1-3H3,(H,28,30)/b24-13-. The lowest BCUT2D eigenvalue weighted by Gasteiger charge is -2.27. The van der Waals surface area contributed by atoms with E-state index in [-0.39, 0.29) is 11.8 Å². The van der Waals surface area contributed by atoms with E-state index in [2.05, 4.69) is 5.32 Å². The number of nitrogens with one attached hydrogen (secondary N) is 1. The minimum Gasteiger partial charge on any atom is -0.493 e. The topological polar surface area (TPSA) is 67.9 Å². The number of methoxy groups -OCH3 is 2. The molecule has 0 saturated heterocycles. The molecule has 0 atom stereocenters. The lowest BCUT2D eigenvalue weighted by molar-refractivity contribution is -0.114. The van der Waals surface area contributed by atoms with Crippen molar-refractivity contribution in [3.8, 4) is 11.5 Å². The molecule has 0 fully saturated rings. The molecule has 0 aliphatic carbocycles. The first-order valence-electron chi connectivity index (χ1n) is 10.5. The SMILES string of the molecule is COc1ccc(/C=C2\Sc3ccc(C(=O)NCc4ccccc4Cl)cc3N(C)C2=O)cc1OC. The number of carbonyl (C=O) groups excluding carboxylic acids is 2. The van der Waals surface area contributed by atoms with E-state index in [1.54, 1.807) is 50.4 Å². The summed E-state index contributed by atoms with van der Waals surface area (Å²) in [4.78, 5) is 28.8. The van der Waals surface area contributed by atoms with Gasteiger partial charge in [0, 0.05) is 29.1 Å². The Balaban J connectivity index is 1.54. The predicted octanol–water partition coefficient (Wildman–Crippen LogP) is 5.40. The van der Waals surface area contributed by atoms with Crippen LogP contribution >= 0.6 is 23.4 Å². The second kappa shape index (κ2) is 10.2. The van der Waals surface area contributed by atoms with Crippen molar-refractivity contribution in [2.24, 2.45) is 0 Å². The molecule has 0 unspecified atom stereocenters. The maximum atomic E-state index is 13.1. The average molecular weight is 495 g/mol. The van der Waals surface area contributed by atoms with Crippen molar-refractivity contribution in [3.63, 3.8) is 0 Å². The molecule has 0 saturated carbocycles. The molecule has 174 valence electrons. The van der Waals surface area contributed by atoms with Gasteiger partial charge < -0.3 is 19.7 Å². The first-order chi connectivity index (χ1) is 16.4. The molecule has 0 spiro atoms. The van der Waals surface area contributed by atoms with Crippen LogP contribution < -0.4 is 19.7 Å². The predicted molar refractivity (Wildman–Crippen MR) is 136 cm³/mol. The summed E-state index contributed by atoms with van der Waals surface area (Å²) in [6.45, 7) is 0.317. The zero-order chi connectivity index (χ0) is 24.2. The van der Waals surface area contributed by atoms with Gasteiger partial charge in [-0.2, -0.15) is 0 Å². The summed E-state index contributed by atoms with van der Waals surface area (Å²) in [5, 5.41) is 3.48. The third kappa shape index (κ3) is 4.90. The number of halogens is 1. The van der Waals surface area contributed by atoms with Gasteiger partial charge in [0.2, 0.25) is 0 Å². The monoisotopic (exact) mass is 494 g/mol. The van der Waals surface area contributed by atoms with Gasteiger partial charge in [-0.05, 0) is 53.6 Å². The Morgan fingerprint density at radius 3 is 2.56 bits per heavy atom. The summed E-state index contributed by atoms with van der Waals surface area (Å²) < 4.78 is 10.6. The molecule has 6 nitrogen and oxygen atoms in total. The molecule has 0 aromatic heterocycles. The molecular formula is C26H23ClN2O4S. The van der Waals surface area contributed by atoms with Gasteiger partial charge in [0.15, 0.2) is 11.5 Å². The number of fused-ring (bicyclic) bond motifs is 1. The number of carbonyl (C=O) groups is 2.